The third kappa shape index (κ3) is 3.69. The van der Waals surface area contributed by atoms with E-state index in [2.05, 4.69) is 66.9 Å². The molecule has 0 fully saturated rings. The van der Waals surface area contributed by atoms with Crippen molar-refractivity contribution in [3.8, 4) is 0 Å². The first-order valence-corrected chi connectivity index (χ1v) is 8.09. The fourth-order valence-electron chi connectivity index (χ4n) is 2.69. The molecule has 0 aliphatic carbocycles. The number of hydrogen-bond acceptors (Lipinski definition) is 3. The maximum absolute atomic E-state index is 6.36. The first-order chi connectivity index (χ1) is 9.61. The Hall–Kier alpha value is -1.16. The maximum Gasteiger partial charge on any atom is 0.0507 e. The zero-order valence-corrected chi connectivity index (χ0v) is 13.4. The number of nitrogens with two attached hydrogens (primary N) is 1. The van der Waals surface area contributed by atoms with E-state index in [0.29, 0.717) is 0 Å². The highest BCUT2D eigenvalue weighted by Gasteiger charge is 2.23. The average molecular weight is 288 g/mol. The van der Waals surface area contributed by atoms with Crippen molar-refractivity contribution in [1.29, 1.82) is 0 Å². The summed E-state index contributed by atoms with van der Waals surface area (Å²) < 4.78 is 0. The lowest BCUT2D eigenvalue weighted by Gasteiger charge is -2.32. The van der Waals surface area contributed by atoms with E-state index in [1.165, 1.54) is 16.7 Å². The summed E-state index contributed by atoms with van der Waals surface area (Å²) in [4.78, 5) is 2.37. The van der Waals surface area contributed by atoms with Crippen LogP contribution in [0.1, 0.15) is 36.1 Å². The minimum absolute atomic E-state index is 0.166. The molecule has 1 heterocycles. The van der Waals surface area contributed by atoms with Gasteiger partial charge in [0.05, 0.1) is 6.04 Å². The molecule has 108 valence electrons. The Morgan fingerprint density at radius 2 is 2.10 bits per heavy atom. The van der Waals surface area contributed by atoms with Crippen molar-refractivity contribution < 1.29 is 0 Å². The number of benzene rings is 1. The molecule has 2 rings (SSSR count). The molecule has 0 amide bonds. The zero-order valence-electron chi connectivity index (χ0n) is 12.5. The number of likely N-dealkylation sites (N-methyl/N-ethyl adjacent to an activating group) is 1. The summed E-state index contributed by atoms with van der Waals surface area (Å²) in [6, 6.07) is 11.3. The SMILES string of the molecule is CCC(N)C(c1ccsc1)N(C)Cc1cccc(C)c1. The quantitative estimate of drug-likeness (QED) is 0.871. The molecular weight excluding hydrogens is 264 g/mol. The molecule has 2 aromatic rings. The molecule has 2 atom stereocenters. The van der Waals surface area contributed by atoms with E-state index in [9.17, 15) is 0 Å². The molecular formula is C17H24N2S. The molecule has 0 saturated carbocycles. The number of thiophene rings is 1. The van der Waals surface area contributed by atoms with Crippen LogP contribution >= 0.6 is 11.3 Å². The minimum atomic E-state index is 0.166. The molecule has 1 aromatic carbocycles. The van der Waals surface area contributed by atoms with Gasteiger partial charge in [0.1, 0.15) is 0 Å². The van der Waals surface area contributed by atoms with Crippen molar-refractivity contribution in [2.45, 2.75) is 38.9 Å². The average Bonchev–Trinajstić information content (AvgIpc) is 2.92. The summed E-state index contributed by atoms with van der Waals surface area (Å²) in [5.74, 6) is 0. The highest BCUT2D eigenvalue weighted by molar-refractivity contribution is 7.07. The molecule has 1 aromatic heterocycles. The van der Waals surface area contributed by atoms with Gasteiger partial charge in [0.25, 0.3) is 0 Å². The van der Waals surface area contributed by atoms with Crippen molar-refractivity contribution in [2.24, 2.45) is 5.73 Å². The Kier molecular flexibility index (Phi) is 5.35. The fourth-order valence-corrected chi connectivity index (χ4v) is 3.38. The predicted octanol–water partition coefficient (Wildman–Crippen LogP) is 3.97. The largest absolute Gasteiger partial charge is 0.326 e. The van der Waals surface area contributed by atoms with Crippen LogP contribution in [0.3, 0.4) is 0 Å². The van der Waals surface area contributed by atoms with Crippen LogP contribution in [0, 0.1) is 6.92 Å². The lowest BCUT2D eigenvalue weighted by molar-refractivity contribution is 0.202. The van der Waals surface area contributed by atoms with Crippen LogP contribution in [0.2, 0.25) is 0 Å². The van der Waals surface area contributed by atoms with Crippen LogP contribution in [0.5, 0.6) is 0 Å². The van der Waals surface area contributed by atoms with Gasteiger partial charge in [0.2, 0.25) is 0 Å². The van der Waals surface area contributed by atoms with Crippen LogP contribution in [-0.2, 0) is 6.54 Å². The number of nitrogens with zero attached hydrogens (tertiary/aromatic N) is 1. The summed E-state index contributed by atoms with van der Waals surface area (Å²) in [6.07, 6.45) is 0.985. The van der Waals surface area contributed by atoms with E-state index in [-0.39, 0.29) is 12.1 Å². The molecule has 20 heavy (non-hydrogen) atoms. The second kappa shape index (κ2) is 7.02. The van der Waals surface area contributed by atoms with Gasteiger partial charge in [-0.1, -0.05) is 36.8 Å². The zero-order chi connectivity index (χ0) is 14.5. The van der Waals surface area contributed by atoms with Crippen LogP contribution in [0.25, 0.3) is 0 Å². The smallest absolute Gasteiger partial charge is 0.0507 e. The van der Waals surface area contributed by atoms with Crippen LogP contribution in [-0.4, -0.2) is 18.0 Å². The van der Waals surface area contributed by atoms with Crippen LogP contribution < -0.4 is 5.73 Å². The van der Waals surface area contributed by atoms with Gasteiger partial charge in [-0.15, -0.1) is 0 Å². The van der Waals surface area contributed by atoms with Gasteiger partial charge in [-0.25, -0.2) is 0 Å². The molecule has 0 aliphatic rings. The predicted molar refractivity (Wildman–Crippen MR) is 88.0 cm³/mol. The third-order valence-electron chi connectivity index (χ3n) is 3.75. The second-order valence-corrected chi connectivity index (χ2v) is 6.26. The molecule has 0 saturated heterocycles. The number of hydrogen-bond donors (Lipinski definition) is 1. The summed E-state index contributed by atoms with van der Waals surface area (Å²) in [5.41, 5.74) is 10.3. The van der Waals surface area contributed by atoms with E-state index in [1.807, 2.05) is 0 Å². The molecule has 2 unspecified atom stereocenters. The number of rotatable bonds is 6. The Balaban J connectivity index is 2.17. The van der Waals surface area contributed by atoms with Gasteiger partial charge >= 0.3 is 0 Å². The van der Waals surface area contributed by atoms with Gasteiger partial charge < -0.3 is 5.73 Å². The summed E-state index contributed by atoms with van der Waals surface area (Å²) in [5, 5.41) is 4.35. The highest BCUT2D eigenvalue weighted by atomic mass is 32.1. The van der Waals surface area contributed by atoms with Crippen molar-refractivity contribution >= 4 is 11.3 Å². The van der Waals surface area contributed by atoms with Crippen molar-refractivity contribution in [3.05, 3.63) is 57.8 Å². The Morgan fingerprint density at radius 3 is 2.70 bits per heavy atom. The van der Waals surface area contributed by atoms with Gasteiger partial charge in [-0.2, -0.15) is 11.3 Å². The highest BCUT2D eigenvalue weighted by Crippen LogP contribution is 2.27. The topological polar surface area (TPSA) is 29.3 Å². The summed E-state index contributed by atoms with van der Waals surface area (Å²) in [7, 11) is 2.17. The molecule has 2 nitrogen and oxygen atoms in total. The van der Waals surface area contributed by atoms with Crippen LogP contribution in [0.4, 0.5) is 0 Å². The lowest BCUT2D eigenvalue weighted by Crippen LogP contribution is -2.38. The Morgan fingerprint density at radius 1 is 1.30 bits per heavy atom. The van der Waals surface area contributed by atoms with Gasteiger partial charge in [0, 0.05) is 12.6 Å². The Bertz CT molecular complexity index is 522. The monoisotopic (exact) mass is 288 g/mol. The molecule has 0 aliphatic heterocycles. The standard InChI is InChI=1S/C17H24N2S/c1-4-16(18)17(15-8-9-20-12-15)19(3)11-14-7-5-6-13(2)10-14/h5-10,12,16-17H,4,11,18H2,1-3H3. The van der Waals surface area contributed by atoms with Crippen molar-refractivity contribution in [3.63, 3.8) is 0 Å². The maximum atomic E-state index is 6.36. The summed E-state index contributed by atoms with van der Waals surface area (Å²) in [6.45, 7) is 5.22. The van der Waals surface area contributed by atoms with E-state index in [4.69, 9.17) is 5.73 Å². The van der Waals surface area contributed by atoms with Gasteiger partial charge in [0.15, 0.2) is 0 Å². The van der Waals surface area contributed by atoms with Crippen LogP contribution in [0.15, 0.2) is 41.1 Å². The molecule has 2 N–H and O–H groups in total. The first kappa shape index (κ1) is 15.2. The van der Waals surface area contributed by atoms with E-state index in [0.717, 1.165) is 13.0 Å². The molecule has 0 radical (unpaired) electrons. The lowest BCUT2D eigenvalue weighted by atomic mass is 9.98. The molecule has 3 heteroatoms. The molecule has 0 bridgehead atoms. The normalized spacial score (nSPS) is 14.4. The Labute approximate surface area is 126 Å². The third-order valence-corrected chi connectivity index (χ3v) is 4.45. The van der Waals surface area contributed by atoms with E-state index < -0.39 is 0 Å². The van der Waals surface area contributed by atoms with E-state index in [1.54, 1.807) is 11.3 Å². The van der Waals surface area contributed by atoms with E-state index >= 15 is 0 Å². The van der Waals surface area contributed by atoms with Gasteiger partial charge in [-0.05, 0) is 48.3 Å². The fraction of sp³-hybridized carbons (Fsp3) is 0.412. The van der Waals surface area contributed by atoms with Crippen molar-refractivity contribution in [1.82, 2.24) is 4.90 Å². The molecule has 0 spiro atoms. The first-order valence-electron chi connectivity index (χ1n) is 7.15. The number of aryl methyl sites for hydroxylation is 1. The summed E-state index contributed by atoms with van der Waals surface area (Å²) >= 11 is 1.74. The van der Waals surface area contributed by atoms with Crippen molar-refractivity contribution in [2.75, 3.05) is 7.05 Å². The van der Waals surface area contributed by atoms with Gasteiger partial charge in [-0.3, -0.25) is 4.90 Å². The second-order valence-electron chi connectivity index (χ2n) is 5.48. The minimum Gasteiger partial charge on any atom is -0.326 e.